The fourth-order valence-electron chi connectivity index (χ4n) is 3.44. The average Bonchev–Trinajstić information content (AvgIpc) is 3.06. The van der Waals surface area contributed by atoms with Gasteiger partial charge in [-0.05, 0) is 42.3 Å². The highest BCUT2D eigenvalue weighted by atomic mass is 16.2. The molecule has 2 heterocycles. The highest BCUT2D eigenvalue weighted by Crippen LogP contribution is 2.29. The molecule has 0 atom stereocenters. The number of benzene rings is 2. The Morgan fingerprint density at radius 1 is 1.07 bits per heavy atom. The van der Waals surface area contributed by atoms with Gasteiger partial charge in [0, 0.05) is 46.3 Å². The molecule has 0 aliphatic heterocycles. The number of hydrogen-bond acceptors (Lipinski definition) is 3. The van der Waals surface area contributed by atoms with Gasteiger partial charge in [-0.25, -0.2) is 5.43 Å². The zero-order chi connectivity index (χ0) is 19.3. The van der Waals surface area contributed by atoms with E-state index in [-0.39, 0.29) is 5.91 Å². The maximum Gasteiger partial charge on any atom is 0.271 e. The molecule has 1 amide bonds. The molecule has 0 bridgehead atoms. The molecule has 0 aliphatic rings. The summed E-state index contributed by atoms with van der Waals surface area (Å²) in [5.41, 5.74) is 6.52. The monoisotopic (exact) mass is 370 g/mol. The van der Waals surface area contributed by atoms with Crippen molar-refractivity contribution in [2.75, 3.05) is 0 Å². The lowest BCUT2D eigenvalue weighted by Gasteiger charge is -2.06. The Morgan fingerprint density at radius 3 is 2.68 bits per heavy atom. The standard InChI is InChI=1S/C23H22N4O/c1-2-3-14-27-21-7-5-4-6-19(21)20-15-17(8-9-22(20)27)16-25-26-23(28)18-10-12-24-13-11-18/h4-13,15-16H,2-3,14H2,1H3,(H,26,28)/b25-16+. The third-order valence-corrected chi connectivity index (χ3v) is 4.85. The number of carbonyl (C=O) groups excluding carboxylic acids is 1. The molecule has 0 saturated carbocycles. The molecule has 140 valence electrons. The van der Waals surface area contributed by atoms with Gasteiger partial charge in [-0.1, -0.05) is 37.6 Å². The summed E-state index contributed by atoms with van der Waals surface area (Å²) in [7, 11) is 0. The van der Waals surface area contributed by atoms with Gasteiger partial charge in [0.25, 0.3) is 5.91 Å². The molecule has 2 aromatic heterocycles. The number of aryl methyl sites for hydroxylation is 1. The summed E-state index contributed by atoms with van der Waals surface area (Å²) >= 11 is 0. The Labute approximate surface area is 163 Å². The Morgan fingerprint density at radius 2 is 1.86 bits per heavy atom. The quantitative estimate of drug-likeness (QED) is 0.393. The van der Waals surface area contributed by atoms with E-state index in [0.717, 1.165) is 24.9 Å². The Kier molecular flexibility index (Phi) is 5.15. The number of fused-ring (bicyclic) bond motifs is 3. The summed E-state index contributed by atoms with van der Waals surface area (Å²) in [6.45, 7) is 3.22. The highest BCUT2D eigenvalue weighted by Gasteiger charge is 2.10. The Balaban J connectivity index is 1.62. The number of nitrogens with one attached hydrogen (secondary N) is 1. The summed E-state index contributed by atoms with van der Waals surface area (Å²) in [6, 6.07) is 18.1. The molecular formula is C23H22N4O. The first-order chi connectivity index (χ1) is 13.8. The number of rotatable bonds is 6. The number of hydrazone groups is 1. The summed E-state index contributed by atoms with van der Waals surface area (Å²) in [5.74, 6) is -0.254. The van der Waals surface area contributed by atoms with Crippen LogP contribution in [0.3, 0.4) is 0 Å². The second-order valence-electron chi connectivity index (χ2n) is 6.73. The van der Waals surface area contributed by atoms with Crippen molar-refractivity contribution in [2.45, 2.75) is 26.3 Å². The molecule has 28 heavy (non-hydrogen) atoms. The van der Waals surface area contributed by atoms with Gasteiger partial charge in [-0.2, -0.15) is 5.10 Å². The summed E-state index contributed by atoms with van der Waals surface area (Å²) in [4.78, 5) is 16.0. The van der Waals surface area contributed by atoms with Crippen LogP contribution in [0.2, 0.25) is 0 Å². The number of hydrogen-bond donors (Lipinski definition) is 1. The van der Waals surface area contributed by atoms with Crippen molar-refractivity contribution in [3.05, 3.63) is 78.1 Å². The van der Waals surface area contributed by atoms with Crippen LogP contribution in [-0.4, -0.2) is 21.7 Å². The van der Waals surface area contributed by atoms with Crippen molar-refractivity contribution < 1.29 is 4.79 Å². The number of nitrogens with zero attached hydrogens (tertiary/aromatic N) is 3. The van der Waals surface area contributed by atoms with Crippen LogP contribution in [0.5, 0.6) is 0 Å². The molecule has 0 radical (unpaired) electrons. The lowest BCUT2D eigenvalue weighted by Crippen LogP contribution is -2.17. The van der Waals surface area contributed by atoms with Gasteiger partial charge < -0.3 is 4.57 Å². The normalized spacial score (nSPS) is 11.5. The van der Waals surface area contributed by atoms with E-state index in [9.17, 15) is 4.79 Å². The first-order valence-corrected chi connectivity index (χ1v) is 9.52. The van der Waals surface area contributed by atoms with Crippen LogP contribution in [0.15, 0.2) is 72.1 Å². The van der Waals surface area contributed by atoms with Crippen LogP contribution in [0.25, 0.3) is 21.8 Å². The molecule has 0 unspecified atom stereocenters. The SMILES string of the molecule is CCCCn1c2ccccc2c2cc(/C=N/NC(=O)c3ccncc3)ccc21. The number of unbranched alkanes of at least 4 members (excludes halogenated alkanes) is 1. The van der Waals surface area contributed by atoms with Crippen LogP contribution >= 0.6 is 0 Å². The third kappa shape index (κ3) is 3.51. The van der Waals surface area contributed by atoms with Crippen molar-refractivity contribution in [3.63, 3.8) is 0 Å². The van der Waals surface area contributed by atoms with Crippen LogP contribution in [0.4, 0.5) is 0 Å². The molecule has 4 rings (SSSR count). The van der Waals surface area contributed by atoms with E-state index in [1.54, 1.807) is 30.7 Å². The number of amides is 1. The number of aromatic nitrogens is 2. The molecule has 0 spiro atoms. The molecule has 5 heteroatoms. The van der Waals surface area contributed by atoms with E-state index < -0.39 is 0 Å². The zero-order valence-electron chi connectivity index (χ0n) is 15.8. The molecule has 5 nitrogen and oxygen atoms in total. The minimum atomic E-state index is -0.254. The third-order valence-electron chi connectivity index (χ3n) is 4.85. The second-order valence-corrected chi connectivity index (χ2v) is 6.73. The highest BCUT2D eigenvalue weighted by molar-refractivity contribution is 6.09. The van der Waals surface area contributed by atoms with Crippen LogP contribution in [0, 0.1) is 0 Å². The van der Waals surface area contributed by atoms with Gasteiger partial charge in [0.2, 0.25) is 0 Å². The molecule has 4 aromatic rings. The first-order valence-electron chi connectivity index (χ1n) is 9.52. The zero-order valence-corrected chi connectivity index (χ0v) is 15.8. The minimum absolute atomic E-state index is 0.254. The van der Waals surface area contributed by atoms with E-state index in [4.69, 9.17) is 0 Å². The second kappa shape index (κ2) is 8.05. The Bertz CT molecular complexity index is 1150. The smallest absolute Gasteiger partial charge is 0.271 e. The van der Waals surface area contributed by atoms with Crippen LogP contribution < -0.4 is 5.43 Å². The first kappa shape index (κ1) is 17.9. The molecule has 2 aromatic carbocycles. The lowest BCUT2D eigenvalue weighted by molar-refractivity contribution is 0.0955. The maximum absolute atomic E-state index is 12.1. The molecule has 0 saturated heterocycles. The summed E-state index contributed by atoms with van der Waals surface area (Å²) in [6.07, 6.45) is 7.16. The van der Waals surface area contributed by atoms with Crippen molar-refractivity contribution >= 4 is 33.9 Å². The van der Waals surface area contributed by atoms with Crippen molar-refractivity contribution in [2.24, 2.45) is 5.10 Å². The minimum Gasteiger partial charge on any atom is -0.340 e. The summed E-state index contributed by atoms with van der Waals surface area (Å²) in [5, 5.41) is 6.55. The van der Waals surface area contributed by atoms with Gasteiger partial charge in [0.05, 0.1) is 6.21 Å². The Hall–Kier alpha value is -3.47. The molecule has 0 aliphatic carbocycles. The van der Waals surface area contributed by atoms with Gasteiger partial charge in [0.1, 0.15) is 0 Å². The fourth-order valence-corrected chi connectivity index (χ4v) is 3.44. The van der Waals surface area contributed by atoms with Crippen molar-refractivity contribution in [3.8, 4) is 0 Å². The van der Waals surface area contributed by atoms with E-state index in [0.29, 0.717) is 5.56 Å². The number of pyridine rings is 1. The van der Waals surface area contributed by atoms with Gasteiger partial charge in [0.15, 0.2) is 0 Å². The van der Waals surface area contributed by atoms with E-state index >= 15 is 0 Å². The molecule has 1 N–H and O–H groups in total. The average molecular weight is 370 g/mol. The van der Waals surface area contributed by atoms with Crippen molar-refractivity contribution in [1.29, 1.82) is 0 Å². The summed E-state index contributed by atoms with van der Waals surface area (Å²) < 4.78 is 2.39. The van der Waals surface area contributed by atoms with Gasteiger partial charge >= 0.3 is 0 Å². The maximum atomic E-state index is 12.1. The topological polar surface area (TPSA) is 59.3 Å². The fraction of sp³-hybridized carbons (Fsp3) is 0.174. The van der Waals surface area contributed by atoms with Crippen molar-refractivity contribution in [1.82, 2.24) is 15.0 Å². The predicted octanol–water partition coefficient (Wildman–Crippen LogP) is 4.75. The van der Waals surface area contributed by atoms with Gasteiger partial charge in [-0.15, -0.1) is 0 Å². The van der Waals surface area contributed by atoms with E-state index in [1.165, 1.54) is 21.8 Å². The molecule has 0 fully saturated rings. The number of para-hydroxylation sites is 1. The molecular weight excluding hydrogens is 348 g/mol. The van der Waals surface area contributed by atoms with E-state index in [1.807, 2.05) is 6.07 Å². The van der Waals surface area contributed by atoms with Crippen LogP contribution in [-0.2, 0) is 6.54 Å². The predicted molar refractivity (Wildman–Crippen MR) is 114 cm³/mol. The van der Waals surface area contributed by atoms with Gasteiger partial charge in [-0.3, -0.25) is 9.78 Å². The number of carbonyl (C=O) groups is 1. The van der Waals surface area contributed by atoms with E-state index in [2.05, 4.69) is 63.4 Å². The van der Waals surface area contributed by atoms with Crippen LogP contribution in [0.1, 0.15) is 35.7 Å². The lowest BCUT2D eigenvalue weighted by atomic mass is 10.1. The largest absolute Gasteiger partial charge is 0.340 e.